The number of likely N-dealkylation sites (tertiary alicyclic amines) is 1. The molecular weight excluding hydrogens is 524 g/mol. The van der Waals surface area contributed by atoms with Crippen LogP contribution >= 0.6 is 0 Å². The van der Waals surface area contributed by atoms with E-state index in [2.05, 4.69) is 27.2 Å². The number of para-hydroxylation sites is 1. The highest BCUT2D eigenvalue weighted by atomic mass is 16.6. The molecule has 1 aliphatic heterocycles. The monoisotopic (exact) mass is 558 g/mol. The number of benzene rings is 2. The minimum Gasteiger partial charge on any atom is -0.464 e. The lowest BCUT2D eigenvalue weighted by Gasteiger charge is -2.27. The molecule has 11 nitrogen and oxygen atoms in total. The van der Waals surface area contributed by atoms with E-state index in [0.29, 0.717) is 40.8 Å². The van der Waals surface area contributed by atoms with Gasteiger partial charge in [-0.15, -0.1) is 0 Å². The first-order chi connectivity index (χ1) is 19.6. The summed E-state index contributed by atoms with van der Waals surface area (Å²) in [5, 5.41) is 16.0. The fraction of sp³-hybridized carbons (Fsp3) is 0.367. The first-order valence-corrected chi connectivity index (χ1v) is 13.6. The number of carbonyl (C=O) groups excluding carboxylic acids is 1. The van der Waals surface area contributed by atoms with Crippen molar-refractivity contribution in [2.75, 3.05) is 37.4 Å². The number of carbonyl (C=O) groups is 1. The number of hydrogen-bond donors (Lipinski definition) is 1. The summed E-state index contributed by atoms with van der Waals surface area (Å²) in [4.78, 5) is 38.0. The Balaban J connectivity index is 1.51. The quantitative estimate of drug-likeness (QED) is 0.150. The zero-order valence-corrected chi connectivity index (χ0v) is 23.9. The van der Waals surface area contributed by atoms with Gasteiger partial charge in [-0.05, 0) is 64.9 Å². The molecule has 41 heavy (non-hydrogen) atoms. The summed E-state index contributed by atoms with van der Waals surface area (Å²) >= 11 is 0. The van der Waals surface area contributed by atoms with Crippen molar-refractivity contribution in [1.82, 2.24) is 14.9 Å². The number of furan rings is 1. The predicted octanol–water partition coefficient (Wildman–Crippen LogP) is 5.95. The molecule has 0 unspecified atom stereocenters. The molecule has 4 aromatic rings. The second kappa shape index (κ2) is 11.5. The molecule has 1 saturated heterocycles. The largest absolute Gasteiger partial charge is 0.464 e. The number of aromatic nitrogens is 2. The van der Waals surface area contributed by atoms with Crippen LogP contribution in [-0.2, 0) is 4.74 Å². The van der Waals surface area contributed by atoms with Crippen LogP contribution in [0.4, 0.5) is 23.0 Å². The summed E-state index contributed by atoms with van der Waals surface area (Å²) in [7, 11) is 3.98. The number of rotatable bonds is 9. The lowest BCUT2D eigenvalue weighted by molar-refractivity contribution is -0.384. The van der Waals surface area contributed by atoms with Gasteiger partial charge in [0.05, 0.1) is 22.4 Å². The standard InChI is InChI=1S/C30H34N6O5/c1-18(2)41-29(37)22-15-31-30(33-28(22)23-17-40-27-11-7-6-10-21(23)27)32-24-14-26(36(38)39)25(13-19(24)3)35(5)16-20-9-8-12-34(20)4/h6-7,10-11,13-15,17-18,20H,8-9,12,16H2,1-5H3,(H,31,32,33)/t20-/m1/s1. The number of ether oxygens (including phenoxy) is 1. The lowest BCUT2D eigenvalue weighted by Crippen LogP contribution is -2.36. The summed E-state index contributed by atoms with van der Waals surface area (Å²) in [6.07, 6.45) is 4.82. The van der Waals surface area contributed by atoms with Crippen molar-refractivity contribution in [3.8, 4) is 11.3 Å². The second-order valence-electron chi connectivity index (χ2n) is 10.8. The van der Waals surface area contributed by atoms with Crippen molar-refractivity contribution < 1.29 is 18.9 Å². The Morgan fingerprint density at radius 1 is 1.32 bits per heavy atom. The topological polar surface area (TPSA) is 127 Å². The van der Waals surface area contributed by atoms with Crippen LogP contribution in [0.15, 0.2) is 53.3 Å². The molecule has 1 atom stereocenters. The number of nitrogens with zero attached hydrogens (tertiary/aromatic N) is 5. The Labute approximate surface area is 238 Å². The Bertz CT molecular complexity index is 1600. The Morgan fingerprint density at radius 3 is 2.80 bits per heavy atom. The number of hydrogen-bond acceptors (Lipinski definition) is 10. The van der Waals surface area contributed by atoms with Gasteiger partial charge in [0.1, 0.15) is 23.1 Å². The van der Waals surface area contributed by atoms with E-state index in [1.54, 1.807) is 20.1 Å². The first-order valence-electron chi connectivity index (χ1n) is 13.6. The minimum atomic E-state index is -0.557. The zero-order chi connectivity index (χ0) is 29.3. The maximum Gasteiger partial charge on any atom is 0.342 e. The first kappa shape index (κ1) is 28.0. The van der Waals surface area contributed by atoms with E-state index in [1.807, 2.05) is 49.2 Å². The Hall–Kier alpha value is -4.51. The fourth-order valence-electron chi connectivity index (χ4n) is 5.25. The number of nitro groups is 1. The van der Waals surface area contributed by atoms with Gasteiger partial charge < -0.3 is 24.3 Å². The fourth-order valence-corrected chi connectivity index (χ4v) is 5.25. The summed E-state index contributed by atoms with van der Waals surface area (Å²) < 4.78 is 11.2. The molecule has 1 fully saturated rings. The van der Waals surface area contributed by atoms with Crippen LogP contribution in [-0.4, -0.2) is 65.1 Å². The molecule has 2 aromatic heterocycles. The van der Waals surface area contributed by atoms with E-state index >= 15 is 0 Å². The molecule has 1 aliphatic rings. The van der Waals surface area contributed by atoms with Gasteiger partial charge >= 0.3 is 5.97 Å². The van der Waals surface area contributed by atoms with E-state index in [9.17, 15) is 14.9 Å². The van der Waals surface area contributed by atoms with E-state index in [4.69, 9.17) is 9.15 Å². The summed E-state index contributed by atoms with van der Waals surface area (Å²) in [6, 6.07) is 11.1. The minimum absolute atomic E-state index is 0.0144. The van der Waals surface area contributed by atoms with Crippen LogP contribution < -0.4 is 10.2 Å². The SMILES string of the molecule is Cc1cc(N(C)C[C@H]2CCCN2C)c([N+](=O)[O-])cc1Nc1ncc(C(=O)OC(C)C)c(-c2coc3ccccc23)n1. The van der Waals surface area contributed by atoms with Crippen LogP contribution in [0.3, 0.4) is 0 Å². The van der Waals surface area contributed by atoms with Gasteiger partial charge in [0.25, 0.3) is 5.69 Å². The molecule has 214 valence electrons. The Morgan fingerprint density at radius 2 is 2.10 bits per heavy atom. The lowest BCUT2D eigenvalue weighted by atomic mass is 10.1. The van der Waals surface area contributed by atoms with Gasteiger partial charge in [-0.25, -0.2) is 14.8 Å². The van der Waals surface area contributed by atoms with Crippen LogP contribution in [0.5, 0.6) is 0 Å². The highest BCUT2D eigenvalue weighted by Crippen LogP contribution is 2.36. The summed E-state index contributed by atoms with van der Waals surface area (Å²) in [6.45, 7) is 7.15. The van der Waals surface area contributed by atoms with Crippen molar-refractivity contribution >= 4 is 39.9 Å². The molecule has 0 radical (unpaired) electrons. The number of fused-ring (bicyclic) bond motifs is 1. The summed E-state index contributed by atoms with van der Waals surface area (Å²) in [5.74, 6) is -0.378. The number of likely N-dealkylation sites (N-methyl/N-ethyl adjacent to an activating group) is 2. The number of nitrogens with one attached hydrogen (secondary N) is 1. The molecule has 0 spiro atoms. The molecule has 0 saturated carbocycles. The van der Waals surface area contributed by atoms with Gasteiger partial charge in [0, 0.05) is 42.8 Å². The third-order valence-corrected chi connectivity index (χ3v) is 7.42. The molecule has 1 N–H and O–H groups in total. The molecule has 5 rings (SSSR count). The third kappa shape index (κ3) is 5.85. The van der Waals surface area contributed by atoms with Crippen molar-refractivity contribution in [2.24, 2.45) is 0 Å². The van der Waals surface area contributed by atoms with Crippen LogP contribution in [0.1, 0.15) is 42.6 Å². The molecule has 0 bridgehead atoms. The third-order valence-electron chi connectivity index (χ3n) is 7.42. The van der Waals surface area contributed by atoms with Crippen molar-refractivity contribution in [3.63, 3.8) is 0 Å². The van der Waals surface area contributed by atoms with E-state index in [1.165, 1.54) is 12.3 Å². The van der Waals surface area contributed by atoms with Gasteiger partial charge in [-0.3, -0.25) is 10.1 Å². The smallest absolute Gasteiger partial charge is 0.342 e. The maximum absolute atomic E-state index is 13.0. The van der Waals surface area contributed by atoms with Gasteiger partial charge in [0.15, 0.2) is 0 Å². The van der Waals surface area contributed by atoms with Gasteiger partial charge in [-0.1, -0.05) is 18.2 Å². The molecule has 0 aliphatic carbocycles. The average molecular weight is 559 g/mol. The predicted molar refractivity (Wildman–Crippen MR) is 158 cm³/mol. The zero-order valence-electron chi connectivity index (χ0n) is 23.9. The van der Waals surface area contributed by atoms with E-state index in [0.717, 1.165) is 30.3 Å². The van der Waals surface area contributed by atoms with Crippen molar-refractivity contribution in [2.45, 2.75) is 45.8 Å². The van der Waals surface area contributed by atoms with Gasteiger partial charge in [0.2, 0.25) is 5.95 Å². The molecule has 11 heteroatoms. The van der Waals surface area contributed by atoms with Gasteiger partial charge in [-0.2, -0.15) is 0 Å². The maximum atomic E-state index is 13.0. The van der Waals surface area contributed by atoms with Crippen molar-refractivity contribution in [3.05, 3.63) is 70.1 Å². The molecule has 3 heterocycles. The number of aryl methyl sites for hydroxylation is 1. The second-order valence-corrected chi connectivity index (χ2v) is 10.8. The molecule has 2 aromatic carbocycles. The molecule has 0 amide bonds. The Kier molecular flexibility index (Phi) is 7.89. The number of nitro benzene ring substituents is 1. The molecular formula is C30H34N6O5. The van der Waals surface area contributed by atoms with Crippen LogP contribution in [0.2, 0.25) is 0 Å². The van der Waals surface area contributed by atoms with Crippen LogP contribution in [0, 0.1) is 17.0 Å². The average Bonchev–Trinajstić information content (AvgIpc) is 3.54. The number of anilines is 3. The van der Waals surface area contributed by atoms with Crippen molar-refractivity contribution in [1.29, 1.82) is 0 Å². The van der Waals surface area contributed by atoms with Crippen LogP contribution in [0.25, 0.3) is 22.2 Å². The highest BCUT2D eigenvalue weighted by molar-refractivity contribution is 6.02. The van der Waals surface area contributed by atoms with E-state index in [-0.39, 0.29) is 28.2 Å². The van der Waals surface area contributed by atoms with E-state index < -0.39 is 5.97 Å². The normalized spacial score (nSPS) is 15.4. The highest BCUT2D eigenvalue weighted by Gasteiger charge is 2.27. The number of esters is 1. The summed E-state index contributed by atoms with van der Waals surface area (Å²) in [5.41, 5.74) is 3.60.